The molecule has 1 N–H and O–H groups in total. The average Bonchev–Trinajstić information content (AvgIpc) is 3.25. The molecule has 0 radical (unpaired) electrons. The minimum atomic E-state index is -0.245. The first-order valence-electron chi connectivity index (χ1n) is 7.10. The lowest BCUT2D eigenvalue weighted by molar-refractivity contribution is 0.102. The number of amides is 1. The van der Waals surface area contributed by atoms with Gasteiger partial charge in [-0.2, -0.15) is 10.2 Å². The molecule has 0 saturated heterocycles. The number of hydrogen-bond donors (Lipinski definition) is 1. The summed E-state index contributed by atoms with van der Waals surface area (Å²) >= 11 is 3.41. The first kappa shape index (κ1) is 14.6. The van der Waals surface area contributed by atoms with E-state index < -0.39 is 0 Å². The van der Waals surface area contributed by atoms with Gasteiger partial charge in [0, 0.05) is 24.8 Å². The number of carbonyl (C=O) groups is 1. The minimum Gasteiger partial charge on any atom is -0.319 e. The SMILES string of the molecule is O=C(Nc1cnccc1-n1cccn1)c1ccc2c(Br)cnn2c1. The highest BCUT2D eigenvalue weighted by Crippen LogP contribution is 2.20. The van der Waals surface area contributed by atoms with Gasteiger partial charge in [-0.05, 0) is 40.2 Å². The number of nitrogens with zero attached hydrogens (tertiary/aromatic N) is 5. The van der Waals surface area contributed by atoms with E-state index in [9.17, 15) is 4.79 Å². The third-order valence-electron chi connectivity index (χ3n) is 3.53. The summed E-state index contributed by atoms with van der Waals surface area (Å²) in [6.45, 7) is 0. The van der Waals surface area contributed by atoms with E-state index >= 15 is 0 Å². The Kier molecular flexibility index (Phi) is 3.58. The van der Waals surface area contributed by atoms with Crippen LogP contribution in [-0.4, -0.2) is 30.3 Å². The summed E-state index contributed by atoms with van der Waals surface area (Å²) < 4.78 is 4.20. The van der Waals surface area contributed by atoms with Crippen molar-refractivity contribution in [3.05, 3.63) is 71.5 Å². The predicted molar refractivity (Wildman–Crippen MR) is 92.2 cm³/mol. The van der Waals surface area contributed by atoms with Crippen molar-refractivity contribution in [2.45, 2.75) is 0 Å². The topological polar surface area (TPSA) is 77.1 Å². The zero-order chi connectivity index (χ0) is 16.5. The lowest BCUT2D eigenvalue weighted by atomic mass is 10.2. The van der Waals surface area contributed by atoms with Crippen LogP contribution < -0.4 is 5.32 Å². The molecule has 4 aromatic rings. The molecule has 0 saturated carbocycles. The maximum atomic E-state index is 12.6. The number of anilines is 1. The summed E-state index contributed by atoms with van der Waals surface area (Å²) in [5.41, 5.74) is 2.71. The third-order valence-corrected chi connectivity index (χ3v) is 4.14. The van der Waals surface area contributed by atoms with Crippen LogP contribution in [0.2, 0.25) is 0 Å². The molecule has 4 aromatic heterocycles. The second-order valence-corrected chi connectivity index (χ2v) is 5.89. The fraction of sp³-hybridized carbons (Fsp3) is 0. The Hall–Kier alpha value is -3.00. The van der Waals surface area contributed by atoms with Gasteiger partial charge in [0.1, 0.15) is 0 Å². The third kappa shape index (κ3) is 2.56. The van der Waals surface area contributed by atoms with E-state index in [0.29, 0.717) is 11.3 Å². The van der Waals surface area contributed by atoms with Crippen LogP contribution in [0.3, 0.4) is 0 Å². The van der Waals surface area contributed by atoms with Gasteiger partial charge < -0.3 is 5.32 Å². The van der Waals surface area contributed by atoms with E-state index in [2.05, 4.69) is 36.4 Å². The van der Waals surface area contributed by atoms with Crippen LogP contribution in [0, 0.1) is 0 Å². The Morgan fingerprint density at radius 2 is 2.04 bits per heavy atom. The molecule has 0 aliphatic carbocycles. The smallest absolute Gasteiger partial charge is 0.257 e. The molecule has 0 aromatic carbocycles. The molecular formula is C16H11BrN6O. The first-order chi connectivity index (χ1) is 11.7. The Morgan fingerprint density at radius 1 is 1.12 bits per heavy atom. The Labute approximate surface area is 145 Å². The van der Waals surface area contributed by atoms with Gasteiger partial charge in [0.05, 0.1) is 39.3 Å². The van der Waals surface area contributed by atoms with Crippen LogP contribution >= 0.6 is 15.9 Å². The van der Waals surface area contributed by atoms with Gasteiger partial charge in [-0.25, -0.2) is 9.20 Å². The Bertz CT molecular complexity index is 1020. The normalized spacial score (nSPS) is 10.9. The fourth-order valence-corrected chi connectivity index (χ4v) is 2.78. The van der Waals surface area contributed by atoms with Crippen molar-refractivity contribution in [1.29, 1.82) is 0 Å². The van der Waals surface area contributed by atoms with Gasteiger partial charge in [-0.3, -0.25) is 9.78 Å². The maximum absolute atomic E-state index is 12.6. The number of hydrogen-bond acceptors (Lipinski definition) is 4. The second-order valence-electron chi connectivity index (χ2n) is 5.04. The van der Waals surface area contributed by atoms with Crippen molar-refractivity contribution in [3.8, 4) is 5.69 Å². The molecule has 0 spiro atoms. The van der Waals surface area contributed by atoms with E-state index in [1.807, 2.05) is 12.1 Å². The molecule has 7 nitrogen and oxygen atoms in total. The Morgan fingerprint density at radius 3 is 2.88 bits per heavy atom. The van der Waals surface area contributed by atoms with Crippen molar-refractivity contribution in [2.24, 2.45) is 0 Å². The molecule has 4 heterocycles. The zero-order valence-corrected chi connectivity index (χ0v) is 13.9. The number of fused-ring (bicyclic) bond motifs is 1. The van der Waals surface area contributed by atoms with Crippen molar-refractivity contribution >= 4 is 33.0 Å². The van der Waals surface area contributed by atoms with Crippen molar-refractivity contribution < 1.29 is 4.79 Å². The highest BCUT2D eigenvalue weighted by molar-refractivity contribution is 9.10. The summed E-state index contributed by atoms with van der Waals surface area (Å²) in [5, 5.41) is 11.3. The molecule has 1 amide bonds. The molecule has 0 aliphatic heterocycles. The van der Waals surface area contributed by atoms with Crippen molar-refractivity contribution in [1.82, 2.24) is 24.4 Å². The molecule has 0 bridgehead atoms. The van der Waals surface area contributed by atoms with E-state index in [1.165, 1.54) is 0 Å². The molecule has 4 rings (SSSR count). The van der Waals surface area contributed by atoms with E-state index in [-0.39, 0.29) is 5.91 Å². The number of pyridine rings is 2. The lowest BCUT2D eigenvalue weighted by Crippen LogP contribution is -2.15. The van der Waals surface area contributed by atoms with Crippen LogP contribution in [0.15, 0.2) is 65.9 Å². The van der Waals surface area contributed by atoms with Crippen LogP contribution in [0.25, 0.3) is 11.2 Å². The summed E-state index contributed by atoms with van der Waals surface area (Å²) in [6, 6.07) is 7.19. The van der Waals surface area contributed by atoms with Gasteiger partial charge >= 0.3 is 0 Å². The number of halogens is 1. The molecular weight excluding hydrogens is 372 g/mol. The van der Waals surface area contributed by atoms with Crippen LogP contribution in [0.4, 0.5) is 5.69 Å². The van der Waals surface area contributed by atoms with Crippen LogP contribution in [-0.2, 0) is 0 Å². The van der Waals surface area contributed by atoms with Gasteiger partial charge in [-0.1, -0.05) is 0 Å². The predicted octanol–water partition coefficient (Wildman–Crippen LogP) is 2.93. The number of nitrogens with one attached hydrogen (secondary N) is 1. The molecule has 0 fully saturated rings. The van der Waals surface area contributed by atoms with Gasteiger partial charge in [0.25, 0.3) is 5.91 Å². The van der Waals surface area contributed by atoms with E-state index in [4.69, 9.17) is 0 Å². The molecule has 118 valence electrons. The summed E-state index contributed by atoms with van der Waals surface area (Å²) in [5.74, 6) is -0.245. The van der Waals surface area contributed by atoms with Gasteiger partial charge in [0.15, 0.2) is 0 Å². The monoisotopic (exact) mass is 382 g/mol. The number of carbonyl (C=O) groups excluding carboxylic acids is 1. The number of rotatable bonds is 3. The minimum absolute atomic E-state index is 0.245. The molecule has 0 atom stereocenters. The average molecular weight is 383 g/mol. The maximum Gasteiger partial charge on any atom is 0.257 e. The highest BCUT2D eigenvalue weighted by atomic mass is 79.9. The molecule has 24 heavy (non-hydrogen) atoms. The van der Waals surface area contributed by atoms with Crippen molar-refractivity contribution in [3.63, 3.8) is 0 Å². The zero-order valence-electron chi connectivity index (χ0n) is 12.3. The molecule has 8 heteroatoms. The summed E-state index contributed by atoms with van der Waals surface area (Å²) in [4.78, 5) is 16.6. The molecule has 0 unspecified atom stereocenters. The fourth-order valence-electron chi connectivity index (χ4n) is 2.38. The van der Waals surface area contributed by atoms with Gasteiger partial charge in [0.2, 0.25) is 0 Å². The van der Waals surface area contributed by atoms with Crippen LogP contribution in [0.1, 0.15) is 10.4 Å². The van der Waals surface area contributed by atoms with E-state index in [0.717, 1.165) is 15.7 Å². The quantitative estimate of drug-likeness (QED) is 0.590. The summed E-state index contributed by atoms with van der Waals surface area (Å²) in [6.07, 6.45) is 10.1. The second kappa shape index (κ2) is 5.89. The van der Waals surface area contributed by atoms with Crippen molar-refractivity contribution in [2.75, 3.05) is 5.32 Å². The Balaban J connectivity index is 1.66. The first-order valence-corrected chi connectivity index (χ1v) is 7.90. The molecule has 0 aliphatic rings. The highest BCUT2D eigenvalue weighted by Gasteiger charge is 2.12. The van der Waals surface area contributed by atoms with Crippen LogP contribution in [0.5, 0.6) is 0 Å². The largest absolute Gasteiger partial charge is 0.319 e. The van der Waals surface area contributed by atoms with E-state index in [1.54, 1.807) is 58.5 Å². The standard InChI is InChI=1S/C16H11BrN6O/c17-12-8-20-23-10-11(2-3-14(12)23)16(24)21-13-9-18-6-4-15(13)22-7-1-5-19-22/h1-10H,(H,21,24). The summed E-state index contributed by atoms with van der Waals surface area (Å²) in [7, 11) is 0. The lowest BCUT2D eigenvalue weighted by Gasteiger charge is -2.10. The number of aromatic nitrogens is 5. The van der Waals surface area contributed by atoms with Gasteiger partial charge in [-0.15, -0.1) is 0 Å².